The summed E-state index contributed by atoms with van der Waals surface area (Å²) in [5.74, 6) is 0.966. The average Bonchev–Trinajstić information content (AvgIpc) is 2.93. The van der Waals surface area contributed by atoms with Crippen LogP contribution in [0.25, 0.3) is 0 Å². The summed E-state index contributed by atoms with van der Waals surface area (Å²) in [5.41, 5.74) is 1.35. The normalized spacial score (nSPS) is 26.0. The fourth-order valence-corrected chi connectivity index (χ4v) is 3.63. The molecule has 0 aliphatic carbocycles. The Morgan fingerprint density at radius 2 is 2.00 bits per heavy atom. The molecule has 2 aliphatic rings. The summed E-state index contributed by atoms with van der Waals surface area (Å²) in [7, 11) is 0. The van der Waals surface area contributed by atoms with Gasteiger partial charge in [0.2, 0.25) is 0 Å². The van der Waals surface area contributed by atoms with Crippen LogP contribution in [-0.4, -0.2) is 36.2 Å². The van der Waals surface area contributed by atoms with Crippen molar-refractivity contribution in [3.05, 3.63) is 29.8 Å². The van der Waals surface area contributed by atoms with Crippen molar-refractivity contribution in [1.82, 2.24) is 10.2 Å². The van der Waals surface area contributed by atoms with Gasteiger partial charge in [-0.1, -0.05) is 12.1 Å². The Kier molecular flexibility index (Phi) is 4.81. The number of piperidine rings is 1. The van der Waals surface area contributed by atoms with E-state index in [-0.39, 0.29) is 6.10 Å². The van der Waals surface area contributed by atoms with Crippen LogP contribution < -0.4 is 10.1 Å². The Labute approximate surface area is 128 Å². The molecule has 2 fully saturated rings. The first-order valence-corrected chi connectivity index (χ1v) is 8.44. The first-order valence-electron chi connectivity index (χ1n) is 8.44. The van der Waals surface area contributed by atoms with Crippen molar-refractivity contribution in [3.8, 4) is 5.75 Å². The Morgan fingerprint density at radius 3 is 2.76 bits per heavy atom. The highest BCUT2D eigenvalue weighted by Crippen LogP contribution is 2.27. The third-order valence-electron chi connectivity index (χ3n) is 4.71. The van der Waals surface area contributed by atoms with Crippen LogP contribution >= 0.6 is 0 Å². The molecule has 0 amide bonds. The summed E-state index contributed by atoms with van der Waals surface area (Å²) in [6.07, 6.45) is 5.67. The number of hydrogen-bond donors (Lipinski definition) is 1. The molecule has 1 aromatic carbocycles. The van der Waals surface area contributed by atoms with E-state index in [0.29, 0.717) is 6.04 Å². The Morgan fingerprint density at radius 1 is 1.19 bits per heavy atom. The van der Waals surface area contributed by atoms with Gasteiger partial charge in [0.05, 0.1) is 6.10 Å². The maximum Gasteiger partial charge on any atom is 0.119 e. The zero-order valence-electron chi connectivity index (χ0n) is 13.3. The highest BCUT2D eigenvalue weighted by Gasteiger charge is 2.31. The van der Waals surface area contributed by atoms with Crippen molar-refractivity contribution < 1.29 is 4.74 Å². The van der Waals surface area contributed by atoms with E-state index in [4.69, 9.17) is 4.74 Å². The zero-order valence-corrected chi connectivity index (χ0v) is 13.3. The molecule has 0 aromatic heterocycles. The third-order valence-corrected chi connectivity index (χ3v) is 4.71. The first kappa shape index (κ1) is 14.9. The van der Waals surface area contributed by atoms with E-state index in [9.17, 15) is 0 Å². The van der Waals surface area contributed by atoms with Gasteiger partial charge in [-0.05, 0) is 70.3 Å². The van der Waals surface area contributed by atoms with Gasteiger partial charge in [-0.15, -0.1) is 0 Å². The van der Waals surface area contributed by atoms with Crippen molar-refractivity contribution in [2.75, 3.05) is 13.1 Å². The predicted molar refractivity (Wildman–Crippen MR) is 86.7 cm³/mol. The minimum atomic E-state index is 0.241. The molecule has 3 rings (SSSR count). The zero-order chi connectivity index (χ0) is 14.7. The maximum atomic E-state index is 5.69. The second kappa shape index (κ2) is 6.80. The lowest BCUT2D eigenvalue weighted by Crippen LogP contribution is -2.45. The molecule has 2 unspecified atom stereocenters. The van der Waals surface area contributed by atoms with Crippen molar-refractivity contribution >= 4 is 0 Å². The van der Waals surface area contributed by atoms with E-state index in [1.165, 1.54) is 44.3 Å². The van der Waals surface area contributed by atoms with Crippen LogP contribution in [0.15, 0.2) is 24.3 Å². The number of ether oxygens (including phenoxy) is 1. The van der Waals surface area contributed by atoms with E-state index >= 15 is 0 Å². The number of hydrogen-bond acceptors (Lipinski definition) is 3. The van der Waals surface area contributed by atoms with Gasteiger partial charge in [-0.25, -0.2) is 0 Å². The van der Waals surface area contributed by atoms with E-state index in [2.05, 4.69) is 48.3 Å². The van der Waals surface area contributed by atoms with Gasteiger partial charge < -0.3 is 15.0 Å². The lowest BCUT2D eigenvalue weighted by molar-refractivity contribution is 0.166. The summed E-state index contributed by atoms with van der Waals surface area (Å²) in [6.45, 7) is 7.70. The number of fused-ring (bicyclic) bond motifs is 1. The fourth-order valence-electron chi connectivity index (χ4n) is 3.63. The quantitative estimate of drug-likeness (QED) is 0.900. The van der Waals surface area contributed by atoms with Crippen molar-refractivity contribution in [2.45, 2.75) is 64.3 Å². The monoisotopic (exact) mass is 288 g/mol. The molecular weight excluding hydrogens is 260 g/mol. The van der Waals surface area contributed by atoms with Crippen molar-refractivity contribution in [2.24, 2.45) is 0 Å². The Bertz CT molecular complexity index is 443. The topological polar surface area (TPSA) is 24.5 Å². The molecule has 2 saturated heterocycles. The third kappa shape index (κ3) is 3.98. The van der Waals surface area contributed by atoms with Crippen LogP contribution in [0.4, 0.5) is 0 Å². The molecular formula is C18H28N2O. The summed E-state index contributed by atoms with van der Waals surface area (Å²) in [5, 5.41) is 3.74. The minimum Gasteiger partial charge on any atom is -0.491 e. The Balaban J connectivity index is 1.46. The molecule has 0 bridgehead atoms. The molecule has 2 aliphatic heterocycles. The molecule has 3 nitrogen and oxygen atoms in total. The van der Waals surface area contributed by atoms with Gasteiger partial charge in [0.15, 0.2) is 0 Å². The molecule has 2 heterocycles. The van der Waals surface area contributed by atoms with Crippen LogP contribution in [0.3, 0.4) is 0 Å². The molecule has 3 heteroatoms. The van der Waals surface area contributed by atoms with Gasteiger partial charge in [0.1, 0.15) is 5.75 Å². The average molecular weight is 288 g/mol. The van der Waals surface area contributed by atoms with Gasteiger partial charge in [0, 0.05) is 18.6 Å². The van der Waals surface area contributed by atoms with Crippen LogP contribution in [0, 0.1) is 0 Å². The van der Waals surface area contributed by atoms with Crippen LogP contribution in [-0.2, 0) is 6.54 Å². The Hall–Kier alpha value is -1.06. The van der Waals surface area contributed by atoms with E-state index in [0.717, 1.165) is 18.3 Å². The lowest BCUT2D eigenvalue weighted by Gasteiger charge is -2.35. The molecule has 1 N–H and O–H groups in total. The summed E-state index contributed by atoms with van der Waals surface area (Å²) in [4.78, 5) is 2.68. The number of benzene rings is 1. The first-order chi connectivity index (χ1) is 10.2. The molecule has 0 saturated carbocycles. The van der Waals surface area contributed by atoms with E-state index in [1.54, 1.807) is 0 Å². The predicted octanol–water partition coefficient (Wildman–Crippen LogP) is 3.19. The molecule has 2 atom stereocenters. The van der Waals surface area contributed by atoms with Crippen molar-refractivity contribution in [3.63, 3.8) is 0 Å². The fraction of sp³-hybridized carbons (Fsp3) is 0.667. The van der Waals surface area contributed by atoms with Gasteiger partial charge in [0.25, 0.3) is 0 Å². The molecule has 0 spiro atoms. The lowest BCUT2D eigenvalue weighted by atomic mass is 9.97. The number of nitrogens with zero attached hydrogens (tertiary/aromatic N) is 1. The summed E-state index contributed by atoms with van der Waals surface area (Å²) >= 11 is 0. The van der Waals surface area contributed by atoms with Crippen LogP contribution in [0.2, 0.25) is 0 Å². The standard InChI is InChI=1S/C18H28N2O/c1-14(2)21-18-7-5-15(6-8-18)13-19-16-9-11-20-10-3-4-17(20)12-16/h5-8,14,16-17,19H,3-4,9-13H2,1-2H3. The van der Waals surface area contributed by atoms with Crippen LogP contribution in [0.1, 0.15) is 45.1 Å². The van der Waals surface area contributed by atoms with E-state index in [1.807, 2.05) is 0 Å². The molecule has 0 radical (unpaired) electrons. The van der Waals surface area contributed by atoms with E-state index < -0.39 is 0 Å². The van der Waals surface area contributed by atoms with Gasteiger partial charge in [-0.3, -0.25) is 0 Å². The SMILES string of the molecule is CC(C)Oc1ccc(CNC2CCN3CCCC3C2)cc1. The molecule has 21 heavy (non-hydrogen) atoms. The van der Waals surface area contributed by atoms with Gasteiger partial charge >= 0.3 is 0 Å². The highest BCUT2D eigenvalue weighted by molar-refractivity contribution is 5.27. The van der Waals surface area contributed by atoms with Crippen molar-refractivity contribution in [1.29, 1.82) is 0 Å². The van der Waals surface area contributed by atoms with Crippen LogP contribution in [0.5, 0.6) is 5.75 Å². The smallest absolute Gasteiger partial charge is 0.119 e. The second-order valence-electron chi connectivity index (χ2n) is 6.74. The second-order valence-corrected chi connectivity index (χ2v) is 6.74. The maximum absolute atomic E-state index is 5.69. The largest absolute Gasteiger partial charge is 0.491 e. The molecule has 1 aromatic rings. The minimum absolute atomic E-state index is 0.241. The summed E-state index contributed by atoms with van der Waals surface area (Å²) < 4.78 is 5.69. The summed E-state index contributed by atoms with van der Waals surface area (Å²) in [6, 6.07) is 10.0. The number of nitrogens with one attached hydrogen (secondary N) is 1. The highest BCUT2D eigenvalue weighted by atomic mass is 16.5. The number of rotatable bonds is 5. The molecule has 116 valence electrons. The van der Waals surface area contributed by atoms with Gasteiger partial charge in [-0.2, -0.15) is 0 Å².